The Labute approximate surface area is 95.8 Å². The van der Waals surface area contributed by atoms with E-state index in [1.165, 1.54) is 0 Å². The van der Waals surface area contributed by atoms with Gasteiger partial charge in [0.25, 0.3) is 5.91 Å². The van der Waals surface area contributed by atoms with Crippen LogP contribution >= 0.6 is 0 Å². The van der Waals surface area contributed by atoms with Crippen molar-refractivity contribution in [2.75, 3.05) is 18.5 Å². The van der Waals surface area contributed by atoms with E-state index in [1.807, 2.05) is 0 Å². The molecule has 0 fully saturated rings. The van der Waals surface area contributed by atoms with E-state index in [0.29, 0.717) is 6.61 Å². The third kappa shape index (κ3) is 2.72. The van der Waals surface area contributed by atoms with E-state index in [-0.39, 0.29) is 18.1 Å². The summed E-state index contributed by atoms with van der Waals surface area (Å²) in [6.45, 7) is 0.593. The maximum atomic E-state index is 13.2. The number of carbonyl (C=O) groups is 1. The fourth-order valence-corrected chi connectivity index (χ4v) is 1.26. The van der Waals surface area contributed by atoms with Crippen LogP contribution < -0.4 is 5.32 Å². The minimum atomic E-state index is -0.725. The number of hydrogen-bond acceptors (Lipinski definition) is 3. The number of rotatable bonds is 2. The van der Waals surface area contributed by atoms with Crippen LogP contribution in [0, 0.1) is 11.6 Å². The Morgan fingerprint density at radius 1 is 1.29 bits per heavy atom. The van der Waals surface area contributed by atoms with Crippen molar-refractivity contribution >= 4 is 11.6 Å². The van der Waals surface area contributed by atoms with Gasteiger partial charge in [-0.2, -0.15) is 0 Å². The highest BCUT2D eigenvalue weighted by molar-refractivity contribution is 6.02. The lowest BCUT2D eigenvalue weighted by molar-refractivity contribution is -0.117. The quantitative estimate of drug-likeness (QED) is 0.858. The van der Waals surface area contributed by atoms with Gasteiger partial charge in [-0.15, -0.1) is 0 Å². The summed E-state index contributed by atoms with van der Waals surface area (Å²) in [5, 5.41) is 2.19. The molecule has 1 aromatic carbocycles. The van der Waals surface area contributed by atoms with Gasteiger partial charge in [-0.3, -0.25) is 4.79 Å². The maximum Gasteiger partial charge on any atom is 0.294 e. The van der Waals surface area contributed by atoms with Crippen LogP contribution in [0.1, 0.15) is 0 Å². The van der Waals surface area contributed by atoms with Gasteiger partial charge in [-0.25, -0.2) is 8.78 Å². The van der Waals surface area contributed by atoms with Gasteiger partial charge < -0.3 is 14.8 Å². The lowest BCUT2D eigenvalue weighted by Gasteiger charge is -2.15. The summed E-state index contributed by atoms with van der Waals surface area (Å²) in [5.41, 5.74) is -0.245. The van der Waals surface area contributed by atoms with Gasteiger partial charge >= 0.3 is 0 Å². The number of carbonyl (C=O) groups excluding carboxylic acids is 1. The Bertz CT molecular complexity index is 474. The summed E-state index contributed by atoms with van der Waals surface area (Å²) in [6, 6.07) is 2.78. The molecule has 0 saturated carbocycles. The van der Waals surface area contributed by atoms with Gasteiger partial charge in [0.15, 0.2) is 0 Å². The zero-order valence-electron chi connectivity index (χ0n) is 8.70. The molecule has 17 heavy (non-hydrogen) atoms. The fourth-order valence-electron chi connectivity index (χ4n) is 1.26. The van der Waals surface area contributed by atoms with Gasteiger partial charge in [0, 0.05) is 6.07 Å². The predicted octanol–water partition coefficient (Wildman–Crippen LogP) is 1.79. The molecule has 90 valence electrons. The largest absolute Gasteiger partial charge is 0.494 e. The minimum absolute atomic E-state index is 0.0695. The lowest BCUT2D eigenvalue weighted by atomic mass is 10.3. The molecule has 2 rings (SSSR count). The molecule has 0 unspecified atom stereocenters. The number of anilines is 1. The van der Waals surface area contributed by atoms with Crippen LogP contribution in [-0.2, 0) is 14.3 Å². The van der Waals surface area contributed by atoms with Crippen molar-refractivity contribution in [3.05, 3.63) is 41.9 Å². The Morgan fingerprint density at radius 2 is 2.12 bits per heavy atom. The highest BCUT2D eigenvalue weighted by Crippen LogP contribution is 2.16. The smallest absolute Gasteiger partial charge is 0.294 e. The first-order valence-corrected chi connectivity index (χ1v) is 4.88. The summed E-state index contributed by atoms with van der Waals surface area (Å²) in [4.78, 5) is 11.6. The normalized spacial score (nSPS) is 14.4. The van der Waals surface area contributed by atoms with Crippen LogP contribution in [0.3, 0.4) is 0 Å². The zero-order chi connectivity index (χ0) is 12.3. The molecule has 0 spiro atoms. The number of ether oxygens (including phenoxy) is 2. The first-order chi connectivity index (χ1) is 8.16. The Hall–Kier alpha value is -2.11. The predicted molar refractivity (Wildman–Crippen MR) is 55.0 cm³/mol. The van der Waals surface area contributed by atoms with E-state index in [2.05, 4.69) is 5.32 Å². The van der Waals surface area contributed by atoms with E-state index in [0.717, 1.165) is 24.5 Å². The topological polar surface area (TPSA) is 47.6 Å². The van der Waals surface area contributed by atoms with Gasteiger partial charge in [0.1, 0.15) is 31.1 Å². The van der Waals surface area contributed by atoms with Crippen LogP contribution in [-0.4, -0.2) is 19.1 Å². The van der Waals surface area contributed by atoms with Crippen LogP contribution in [0.2, 0.25) is 0 Å². The van der Waals surface area contributed by atoms with E-state index >= 15 is 0 Å². The van der Waals surface area contributed by atoms with Crippen molar-refractivity contribution in [1.29, 1.82) is 0 Å². The monoisotopic (exact) mass is 241 g/mol. The molecule has 1 aromatic rings. The van der Waals surface area contributed by atoms with E-state index in [9.17, 15) is 13.6 Å². The van der Waals surface area contributed by atoms with E-state index < -0.39 is 17.5 Å². The molecule has 0 bridgehead atoms. The van der Waals surface area contributed by atoms with Crippen LogP contribution in [0.4, 0.5) is 14.5 Å². The number of halogens is 2. The molecule has 1 aliphatic heterocycles. The third-order valence-electron chi connectivity index (χ3n) is 2.05. The highest BCUT2D eigenvalue weighted by Gasteiger charge is 2.16. The molecule has 1 aliphatic rings. The molecule has 0 atom stereocenters. The summed E-state index contributed by atoms with van der Waals surface area (Å²) in [6.07, 6.45) is 1.13. The molecule has 0 saturated heterocycles. The Balaban J connectivity index is 2.12. The fraction of sp³-hybridized carbons (Fsp3) is 0.182. The molecule has 0 aliphatic carbocycles. The number of amides is 1. The van der Waals surface area contributed by atoms with Crippen LogP contribution in [0.15, 0.2) is 30.2 Å². The molecule has 1 amide bonds. The number of nitrogens with one attached hydrogen (secondary N) is 1. The van der Waals surface area contributed by atoms with Gasteiger partial charge in [0.2, 0.25) is 5.76 Å². The third-order valence-corrected chi connectivity index (χ3v) is 2.05. The van der Waals surface area contributed by atoms with Crippen molar-refractivity contribution in [3.63, 3.8) is 0 Å². The van der Waals surface area contributed by atoms with Crippen molar-refractivity contribution in [2.45, 2.75) is 0 Å². The van der Waals surface area contributed by atoms with Crippen molar-refractivity contribution in [1.82, 2.24) is 0 Å². The van der Waals surface area contributed by atoms with Crippen molar-refractivity contribution in [3.8, 4) is 0 Å². The van der Waals surface area contributed by atoms with Gasteiger partial charge in [-0.05, 0) is 12.1 Å². The minimum Gasteiger partial charge on any atom is -0.494 e. The standard InChI is InChI=1S/C11H9F2NO3/c12-7-1-2-8(13)9(5-7)14-11(15)10-6-16-3-4-17-10/h1-2,5-6H,3-4H2,(H,14,15). The highest BCUT2D eigenvalue weighted by atomic mass is 19.1. The first kappa shape index (κ1) is 11.4. The van der Waals surface area contributed by atoms with Crippen molar-refractivity contribution < 1.29 is 23.0 Å². The lowest BCUT2D eigenvalue weighted by Crippen LogP contribution is -2.21. The summed E-state index contributed by atoms with van der Waals surface area (Å²) >= 11 is 0. The molecule has 6 heteroatoms. The molecule has 1 N–H and O–H groups in total. The van der Waals surface area contributed by atoms with Crippen molar-refractivity contribution in [2.24, 2.45) is 0 Å². The zero-order valence-corrected chi connectivity index (χ0v) is 8.70. The average Bonchev–Trinajstić information content (AvgIpc) is 2.35. The second-order valence-corrected chi connectivity index (χ2v) is 3.28. The van der Waals surface area contributed by atoms with Crippen LogP contribution in [0.5, 0.6) is 0 Å². The molecule has 4 nitrogen and oxygen atoms in total. The number of benzene rings is 1. The summed E-state index contributed by atoms with van der Waals surface area (Å²) in [5.74, 6) is -2.12. The second-order valence-electron chi connectivity index (χ2n) is 3.28. The van der Waals surface area contributed by atoms with Gasteiger partial charge in [-0.1, -0.05) is 0 Å². The van der Waals surface area contributed by atoms with E-state index in [4.69, 9.17) is 9.47 Å². The van der Waals surface area contributed by atoms with E-state index in [1.54, 1.807) is 0 Å². The molecule has 0 radical (unpaired) electrons. The SMILES string of the molecule is O=C(Nc1cc(F)ccc1F)C1=COCCO1. The first-order valence-electron chi connectivity index (χ1n) is 4.88. The second kappa shape index (κ2) is 4.82. The Morgan fingerprint density at radius 3 is 2.82 bits per heavy atom. The molecular weight excluding hydrogens is 232 g/mol. The summed E-state index contributed by atoms with van der Waals surface area (Å²) in [7, 11) is 0. The maximum absolute atomic E-state index is 13.2. The van der Waals surface area contributed by atoms with Crippen LogP contribution in [0.25, 0.3) is 0 Å². The Kier molecular flexibility index (Phi) is 3.22. The summed E-state index contributed by atoms with van der Waals surface area (Å²) < 4.78 is 35.9. The van der Waals surface area contributed by atoms with Gasteiger partial charge in [0.05, 0.1) is 5.69 Å². The average molecular weight is 241 g/mol. The molecule has 1 heterocycles. The molecular formula is C11H9F2NO3. The molecule has 0 aromatic heterocycles. The number of hydrogen-bond donors (Lipinski definition) is 1.